The molecule has 17 heavy (non-hydrogen) atoms. The highest BCUT2D eigenvalue weighted by Crippen LogP contribution is 2.21. The van der Waals surface area contributed by atoms with Crippen LogP contribution in [-0.2, 0) is 19.4 Å². The molecule has 1 aliphatic carbocycles. The molecule has 0 fully saturated rings. The molecule has 2 heterocycles. The van der Waals surface area contributed by atoms with E-state index in [1.54, 1.807) is 18.7 Å². The van der Waals surface area contributed by atoms with Crippen LogP contribution >= 0.6 is 0 Å². The maximum atomic E-state index is 9.07. The minimum Gasteiger partial charge on any atom is -0.390 e. The SMILES string of the molecule is OCc1cncc(-n2cnc3c2CCCC3)n1. The number of imidazole rings is 1. The number of aryl methyl sites for hydroxylation is 1. The lowest BCUT2D eigenvalue weighted by molar-refractivity contribution is 0.276. The molecule has 1 aliphatic rings. The number of rotatable bonds is 2. The van der Waals surface area contributed by atoms with Gasteiger partial charge in [0.15, 0.2) is 5.82 Å². The van der Waals surface area contributed by atoms with Gasteiger partial charge in [0.2, 0.25) is 0 Å². The number of aliphatic hydroxyl groups is 1. The van der Waals surface area contributed by atoms with Gasteiger partial charge in [-0.15, -0.1) is 0 Å². The van der Waals surface area contributed by atoms with Crippen molar-refractivity contribution in [2.24, 2.45) is 0 Å². The number of fused-ring (bicyclic) bond motifs is 1. The lowest BCUT2D eigenvalue weighted by atomic mass is 10.0. The summed E-state index contributed by atoms with van der Waals surface area (Å²) in [4.78, 5) is 12.9. The third-order valence-corrected chi connectivity index (χ3v) is 3.11. The number of hydrogen-bond donors (Lipinski definition) is 1. The summed E-state index contributed by atoms with van der Waals surface area (Å²) in [5.74, 6) is 0.743. The fraction of sp³-hybridized carbons (Fsp3) is 0.417. The topological polar surface area (TPSA) is 63.8 Å². The predicted octanol–water partition coefficient (Wildman–Crippen LogP) is 1.03. The summed E-state index contributed by atoms with van der Waals surface area (Å²) in [7, 11) is 0. The highest BCUT2D eigenvalue weighted by Gasteiger charge is 2.16. The Kier molecular flexibility index (Phi) is 2.60. The van der Waals surface area contributed by atoms with E-state index in [1.807, 2.05) is 4.57 Å². The second-order valence-electron chi connectivity index (χ2n) is 4.24. The first-order chi connectivity index (χ1) is 8.38. The van der Waals surface area contributed by atoms with E-state index in [-0.39, 0.29) is 6.61 Å². The first-order valence-electron chi connectivity index (χ1n) is 5.86. The van der Waals surface area contributed by atoms with Crippen molar-refractivity contribution >= 4 is 0 Å². The van der Waals surface area contributed by atoms with Crippen LogP contribution in [0.2, 0.25) is 0 Å². The van der Waals surface area contributed by atoms with E-state index in [0.717, 1.165) is 18.7 Å². The molecule has 2 aromatic heterocycles. The molecule has 0 amide bonds. The molecule has 3 rings (SSSR count). The molecule has 0 atom stereocenters. The zero-order valence-electron chi connectivity index (χ0n) is 9.50. The van der Waals surface area contributed by atoms with Gasteiger partial charge in [0.25, 0.3) is 0 Å². The van der Waals surface area contributed by atoms with Crippen molar-refractivity contribution in [1.29, 1.82) is 0 Å². The maximum absolute atomic E-state index is 9.07. The van der Waals surface area contributed by atoms with Crippen LogP contribution in [0.5, 0.6) is 0 Å². The Bertz CT molecular complexity index is 535. The smallest absolute Gasteiger partial charge is 0.157 e. The normalized spacial score (nSPS) is 14.6. The number of nitrogens with zero attached hydrogens (tertiary/aromatic N) is 4. The molecule has 5 heteroatoms. The van der Waals surface area contributed by atoms with Crippen molar-refractivity contribution in [2.75, 3.05) is 0 Å². The van der Waals surface area contributed by atoms with Crippen LogP contribution in [0.25, 0.3) is 5.82 Å². The highest BCUT2D eigenvalue weighted by atomic mass is 16.3. The zero-order chi connectivity index (χ0) is 11.7. The quantitative estimate of drug-likeness (QED) is 0.837. The van der Waals surface area contributed by atoms with Crippen LogP contribution in [0, 0.1) is 0 Å². The molecular formula is C12H14N4O. The van der Waals surface area contributed by atoms with Gasteiger partial charge in [-0.3, -0.25) is 9.55 Å². The van der Waals surface area contributed by atoms with Gasteiger partial charge < -0.3 is 5.11 Å². The van der Waals surface area contributed by atoms with Crippen molar-refractivity contribution in [3.05, 3.63) is 35.8 Å². The van der Waals surface area contributed by atoms with E-state index in [4.69, 9.17) is 5.11 Å². The molecule has 0 aliphatic heterocycles. The van der Waals surface area contributed by atoms with E-state index in [0.29, 0.717) is 5.69 Å². The largest absolute Gasteiger partial charge is 0.390 e. The van der Waals surface area contributed by atoms with Gasteiger partial charge >= 0.3 is 0 Å². The lowest BCUT2D eigenvalue weighted by Gasteiger charge is -2.13. The van der Waals surface area contributed by atoms with E-state index in [1.165, 1.54) is 24.2 Å². The minimum atomic E-state index is -0.0856. The number of aliphatic hydroxyl groups excluding tert-OH is 1. The first-order valence-corrected chi connectivity index (χ1v) is 5.86. The first kappa shape index (κ1) is 10.4. The second kappa shape index (κ2) is 4.25. The van der Waals surface area contributed by atoms with Crippen LogP contribution in [0.15, 0.2) is 18.7 Å². The second-order valence-corrected chi connectivity index (χ2v) is 4.24. The summed E-state index contributed by atoms with van der Waals surface area (Å²) in [5.41, 5.74) is 2.99. The van der Waals surface area contributed by atoms with Gasteiger partial charge in [-0.2, -0.15) is 0 Å². The molecule has 0 saturated carbocycles. The fourth-order valence-corrected chi connectivity index (χ4v) is 2.25. The Balaban J connectivity index is 2.05. The van der Waals surface area contributed by atoms with Gasteiger partial charge in [-0.25, -0.2) is 9.97 Å². The average molecular weight is 230 g/mol. The maximum Gasteiger partial charge on any atom is 0.157 e. The Hall–Kier alpha value is -1.75. The molecule has 88 valence electrons. The van der Waals surface area contributed by atoms with Gasteiger partial charge in [-0.1, -0.05) is 0 Å². The third-order valence-electron chi connectivity index (χ3n) is 3.11. The summed E-state index contributed by atoms with van der Waals surface area (Å²) in [6.45, 7) is -0.0856. The van der Waals surface area contributed by atoms with Crippen LogP contribution in [0.4, 0.5) is 0 Å². The Morgan fingerprint density at radius 2 is 2.12 bits per heavy atom. The Morgan fingerprint density at radius 3 is 3.00 bits per heavy atom. The van der Waals surface area contributed by atoms with Crippen molar-refractivity contribution in [2.45, 2.75) is 32.3 Å². The molecule has 0 radical (unpaired) electrons. The Labute approximate surface area is 99.2 Å². The summed E-state index contributed by atoms with van der Waals surface area (Å²) >= 11 is 0. The van der Waals surface area contributed by atoms with Crippen LogP contribution in [0.3, 0.4) is 0 Å². The standard InChI is InChI=1S/C12H14N4O/c17-7-9-5-13-6-12(15-9)16-8-14-10-3-1-2-4-11(10)16/h5-6,8,17H,1-4,7H2. The summed E-state index contributed by atoms with van der Waals surface area (Å²) in [6.07, 6.45) is 9.59. The monoisotopic (exact) mass is 230 g/mol. The van der Waals surface area contributed by atoms with E-state index >= 15 is 0 Å². The van der Waals surface area contributed by atoms with Crippen LogP contribution in [-0.4, -0.2) is 24.6 Å². The van der Waals surface area contributed by atoms with Crippen molar-refractivity contribution in [3.8, 4) is 5.82 Å². The van der Waals surface area contributed by atoms with E-state index in [9.17, 15) is 0 Å². The molecule has 1 N–H and O–H groups in total. The number of hydrogen-bond acceptors (Lipinski definition) is 4. The van der Waals surface area contributed by atoms with Gasteiger partial charge in [0.05, 0.1) is 30.4 Å². The highest BCUT2D eigenvalue weighted by molar-refractivity contribution is 5.28. The molecule has 0 aromatic carbocycles. The minimum absolute atomic E-state index is 0.0856. The summed E-state index contributed by atoms with van der Waals surface area (Å²) in [6, 6.07) is 0. The average Bonchev–Trinajstić information content (AvgIpc) is 2.82. The van der Waals surface area contributed by atoms with Crippen molar-refractivity contribution in [3.63, 3.8) is 0 Å². The third kappa shape index (κ3) is 1.82. The zero-order valence-corrected chi connectivity index (χ0v) is 9.50. The van der Waals surface area contributed by atoms with Gasteiger partial charge in [0, 0.05) is 5.69 Å². The summed E-state index contributed by atoms with van der Waals surface area (Å²) in [5, 5.41) is 9.07. The molecular weight excluding hydrogens is 216 g/mol. The lowest BCUT2D eigenvalue weighted by Crippen LogP contribution is -2.09. The van der Waals surface area contributed by atoms with Crippen molar-refractivity contribution < 1.29 is 5.11 Å². The fourth-order valence-electron chi connectivity index (χ4n) is 2.25. The van der Waals surface area contributed by atoms with Gasteiger partial charge in [0.1, 0.15) is 6.33 Å². The molecule has 0 unspecified atom stereocenters. The number of aromatic nitrogens is 4. The van der Waals surface area contributed by atoms with E-state index < -0.39 is 0 Å². The van der Waals surface area contributed by atoms with E-state index in [2.05, 4.69) is 15.0 Å². The predicted molar refractivity (Wildman–Crippen MR) is 61.7 cm³/mol. The van der Waals surface area contributed by atoms with Crippen molar-refractivity contribution in [1.82, 2.24) is 19.5 Å². The molecule has 0 bridgehead atoms. The van der Waals surface area contributed by atoms with Crippen LogP contribution < -0.4 is 0 Å². The van der Waals surface area contributed by atoms with Crippen LogP contribution in [0.1, 0.15) is 29.9 Å². The molecule has 2 aromatic rings. The van der Waals surface area contributed by atoms with Gasteiger partial charge in [-0.05, 0) is 25.7 Å². The molecule has 0 spiro atoms. The Morgan fingerprint density at radius 1 is 1.24 bits per heavy atom. The molecule has 0 saturated heterocycles. The molecule has 5 nitrogen and oxygen atoms in total. The summed E-state index contributed by atoms with van der Waals surface area (Å²) < 4.78 is 1.99.